The lowest BCUT2D eigenvalue weighted by Gasteiger charge is -2.26. The van der Waals surface area contributed by atoms with Gasteiger partial charge in [-0.3, -0.25) is 4.98 Å². The summed E-state index contributed by atoms with van der Waals surface area (Å²) in [6.45, 7) is 0.655. The van der Waals surface area contributed by atoms with E-state index >= 15 is 0 Å². The number of ether oxygens (including phenoxy) is 1. The molecule has 0 bridgehead atoms. The minimum Gasteiger partial charge on any atom is -0.398 e. The zero-order chi connectivity index (χ0) is 15.6. The molecule has 2 N–H and O–H groups in total. The average Bonchev–Trinajstić information content (AvgIpc) is 2.61. The van der Waals surface area contributed by atoms with Gasteiger partial charge in [0.2, 0.25) is 0 Å². The lowest BCUT2D eigenvalue weighted by molar-refractivity contribution is 0.0317. The molecule has 1 atom stereocenters. The third kappa shape index (κ3) is 2.80. The number of nitrogen functional groups attached to an aromatic ring is 1. The van der Waals surface area contributed by atoms with Gasteiger partial charge in [0.05, 0.1) is 18.2 Å². The van der Waals surface area contributed by atoms with Crippen LogP contribution in [-0.2, 0) is 24.2 Å². The van der Waals surface area contributed by atoms with E-state index in [0.29, 0.717) is 6.61 Å². The second-order valence-corrected chi connectivity index (χ2v) is 6.13. The van der Waals surface area contributed by atoms with E-state index in [1.807, 2.05) is 42.5 Å². The molecule has 3 heteroatoms. The first-order chi connectivity index (χ1) is 11.3. The molecule has 116 valence electrons. The van der Waals surface area contributed by atoms with Crippen molar-refractivity contribution in [1.82, 2.24) is 4.98 Å². The van der Waals surface area contributed by atoms with E-state index in [2.05, 4.69) is 12.1 Å². The fourth-order valence-corrected chi connectivity index (χ4v) is 3.32. The number of fused-ring (bicyclic) bond motifs is 2. The van der Waals surface area contributed by atoms with Gasteiger partial charge in [-0.25, -0.2) is 0 Å². The van der Waals surface area contributed by atoms with E-state index in [-0.39, 0.29) is 6.10 Å². The second-order valence-electron chi connectivity index (χ2n) is 6.13. The second kappa shape index (κ2) is 6.01. The minimum absolute atomic E-state index is 0.216. The van der Waals surface area contributed by atoms with Crippen LogP contribution >= 0.6 is 0 Å². The van der Waals surface area contributed by atoms with Crippen LogP contribution in [0.25, 0.3) is 10.9 Å². The molecule has 0 fully saturated rings. The molecule has 1 aromatic heterocycles. The largest absolute Gasteiger partial charge is 0.398 e. The van der Waals surface area contributed by atoms with Crippen molar-refractivity contribution < 1.29 is 4.74 Å². The fraction of sp³-hybridized carbons (Fsp3) is 0.250. The molecule has 1 unspecified atom stereocenters. The molecule has 1 aliphatic rings. The number of para-hydroxylation sites is 1. The van der Waals surface area contributed by atoms with E-state index in [0.717, 1.165) is 41.5 Å². The van der Waals surface area contributed by atoms with Gasteiger partial charge >= 0.3 is 0 Å². The minimum atomic E-state index is 0.216. The molecule has 3 aromatic rings. The van der Waals surface area contributed by atoms with Crippen LogP contribution in [0.2, 0.25) is 0 Å². The normalized spacial score (nSPS) is 17.1. The number of nitrogens with two attached hydrogens (primary N) is 1. The zero-order valence-electron chi connectivity index (χ0n) is 13.0. The van der Waals surface area contributed by atoms with E-state index < -0.39 is 0 Å². The predicted octanol–water partition coefficient (Wildman–Crippen LogP) is 3.89. The number of anilines is 1. The summed E-state index contributed by atoms with van der Waals surface area (Å²) in [5.41, 5.74) is 11.8. The van der Waals surface area contributed by atoms with Crippen molar-refractivity contribution in [2.75, 3.05) is 5.73 Å². The van der Waals surface area contributed by atoms with Crippen molar-refractivity contribution in [3.63, 3.8) is 0 Å². The van der Waals surface area contributed by atoms with Crippen LogP contribution in [0.3, 0.4) is 0 Å². The van der Waals surface area contributed by atoms with Crippen LogP contribution in [-0.4, -0.2) is 11.1 Å². The first-order valence-electron chi connectivity index (χ1n) is 8.13. The molecular weight excluding hydrogens is 284 g/mol. The van der Waals surface area contributed by atoms with Crippen LogP contribution in [0, 0.1) is 0 Å². The Morgan fingerprint density at radius 3 is 2.70 bits per heavy atom. The summed E-state index contributed by atoms with van der Waals surface area (Å²) in [6, 6.07) is 18.4. The van der Waals surface area contributed by atoms with Gasteiger partial charge in [0.1, 0.15) is 0 Å². The number of aryl methyl sites for hydroxylation is 1. The van der Waals surface area contributed by atoms with E-state index in [1.165, 1.54) is 11.1 Å². The Kier molecular flexibility index (Phi) is 3.72. The van der Waals surface area contributed by atoms with Crippen molar-refractivity contribution in [2.24, 2.45) is 0 Å². The SMILES string of the molecule is Nc1c2c(nc3ccccc13)CCC(OCc1ccccc1)C2. The van der Waals surface area contributed by atoms with E-state index in [1.54, 1.807) is 0 Å². The predicted molar refractivity (Wildman–Crippen MR) is 93.2 cm³/mol. The number of nitrogens with zero attached hydrogens (tertiary/aromatic N) is 1. The molecule has 0 saturated carbocycles. The van der Waals surface area contributed by atoms with Crippen LogP contribution in [0.5, 0.6) is 0 Å². The Balaban J connectivity index is 1.55. The Bertz CT molecular complexity index is 830. The van der Waals surface area contributed by atoms with Gasteiger partial charge < -0.3 is 10.5 Å². The van der Waals surface area contributed by atoms with Gasteiger partial charge in [0.15, 0.2) is 0 Å². The Hall–Kier alpha value is -2.39. The van der Waals surface area contributed by atoms with Gasteiger partial charge in [-0.05, 0) is 30.0 Å². The summed E-state index contributed by atoms with van der Waals surface area (Å²) >= 11 is 0. The number of pyridine rings is 1. The summed E-state index contributed by atoms with van der Waals surface area (Å²) in [6.07, 6.45) is 3.01. The number of hydrogen-bond acceptors (Lipinski definition) is 3. The maximum absolute atomic E-state index is 6.41. The maximum atomic E-state index is 6.41. The molecule has 0 saturated heterocycles. The highest BCUT2D eigenvalue weighted by atomic mass is 16.5. The molecule has 4 rings (SSSR count). The molecule has 23 heavy (non-hydrogen) atoms. The monoisotopic (exact) mass is 304 g/mol. The van der Waals surface area contributed by atoms with Crippen LogP contribution < -0.4 is 5.73 Å². The van der Waals surface area contributed by atoms with Crippen LogP contribution in [0.15, 0.2) is 54.6 Å². The van der Waals surface area contributed by atoms with Crippen molar-refractivity contribution in [2.45, 2.75) is 32.0 Å². The highest BCUT2D eigenvalue weighted by Crippen LogP contribution is 2.32. The summed E-state index contributed by atoms with van der Waals surface area (Å²) in [7, 11) is 0. The Morgan fingerprint density at radius 1 is 1.04 bits per heavy atom. The van der Waals surface area contributed by atoms with Crippen molar-refractivity contribution >= 4 is 16.6 Å². The molecule has 0 aliphatic heterocycles. The number of hydrogen-bond donors (Lipinski definition) is 1. The van der Waals surface area contributed by atoms with Gasteiger partial charge in [-0.1, -0.05) is 48.5 Å². The third-order valence-corrected chi connectivity index (χ3v) is 4.59. The van der Waals surface area contributed by atoms with E-state index in [9.17, 15) is 0 Å². The van der Waals surface area contributed by atoms with Gasteiger partial charge in [-0.15, -0.1) is 0 Å². The Morgan fingerprint density at radius 2 is 1.83 bits per heavy atom. The highest BCUT2D eigenvalue weighted by molar-refractivity contribution is 5.92. The van der Waals surface area contributed by atoms with Crippen LogP contribution in [0.4, 0.5) is 5.69 Å². The summed E-state index contributed by atoms with van der Waals surface area (Å²) in [5, 5.41) is 1.05. The van der Waals surface area contributed by atoms with E-state index in [4.69, 9.17) is 15.5 Å². The van der Waals surface area contributed by atoms with Crippen LogP contribution in [0.1, 0.15) is 23.2 Å². The average molecular weight is 304 g/mol. The number of aromatic nitrogens is 1. The van der Waals surface area contributed by atoms with Crippen molar-refractivity contribution in [3.8, 4) is 0 Å². The molecule has 0 amide bonds. The maximum Gasteiger partial charge on any atom is 0.0726 e. The first-order valence-corrected chi connectivity index (χ1v) is 8.13. The molecule has 0 spiro atoms. The number of benzene rings is 2. The van der Waals surface area contributed by atoms with Crippen molar-refractivity contribution in [1.29, 1.82) is 0 Å². The highest BCUT2D eigenvalue weighted by Gasteiger charge is 2.23. The zero-order valence-corrected chi connectivity index (χ0v) is 13.0. The smallest absolute Gasteiger partial charge is 0.0726 e. The molecule has 0 radical (unpaired) electrons. The number of rotatable bonds is 3. The lowest BCUT2D eigenvalue weighted by Crippen LogP contribution is -2.24. The van der Waals surface area contributed by atoms with Gasteiger partial charge in [0, 0.05) is 23.2 Å². The fourth-order valence-electron chi connectivity index (χ4n) is 3.32. The van der Waals surface area contributed by atoms with Crippen molar-refractivity contribution in [3.05, 3.63) is 71.4 Å². The first kappa shape index (κ1) is 14.2. The molecule has 1 heterocycles. The van der Waals surface area contributed by atoms with Gasteiger partial charge in [-0.2, -0.15) is 0 Å². The quantitative estimate of drug-likeness (QED) is 0.798. The summed E-state index contributed by atoms with van der Waals surface area (Å²) < 4.78 is 6.11. The third-order valence-electron chi connectivity index (χ3n) is 4.59. The molecule has 1 aliphatic carbocycles. The Labute approximate surface area is 136 Å². The van der Waals surface area contributed by atoms with Gasteiger partial charge in [0.25, 0.3) is 0 Å². The topological polar surface area (TPSA) is 48.1 Å². The molecule has 2 aromatic carbocycles. The standard InChI is InChI=1S/C20H20N2O/c21-20-16-8-4-5-9-18(16)22-19-11-10-15(12-17(19)20)23-13-14-6-2-1-3-7-14/h1-9,15H,10-13H2,(H2,21,22). The molecule has 3 nitrogen and oxygen atoms in total. The lowest BCUT2D eigenvalue weighted by atomic mass is 9.91. The summed E-state index contributed by atoms with van der Waals surface area (Å²) in [4.78, 5) is 4.79. The molecular formula is C20H20N2O. The summed E-state index contributed by atoms with van der Waals surface area (Å²) in [5.74, 6) is 0.